The summed E-state index contributed by atoms with van der Waals surface area (Å²) >= 11 is 1.70. The first-order valence-corrected chi connectivity index (χ1v) is 10.4. The second kappa shape index (κ2) is 6.85. The number of anilines is 2. The van der Waals surface area contributed by atoms with Crippen molar-refractivity contribution in [2.45, 2.75) is 32.3 Å². The summed E-state index contributed by atoms with van der Waals surface area (Å²) in [5.41, 5.74) is 3.90. The third kappa shape index (κ3) is 2.92. The molecule has 1 aliphatic carbocycles. The molecular weight excluding hydrogens is 362 g/mol. The van der Waals surface area contributed by atoms with E-state index in [4.69, 9.17) is 4.74 Å². The summed E-state index contributed by atoms with van der Waals surface area (Å²) < 4.78 is 6.59. The van der Waals surface area contributed by atoms with Gasteiger partial charge in [-0.25, -0.2) is 15.0 Å². The molecule has 2 aliphatic rings. The number of aliphatic hydroxyl groups is 1. The molecule has 5 rings (SSSR count). The van der Waals surface area contributed by atoms with Gasteiger partial charge in [0.2, 0.25) is 0 Å². The van der Waals surface area contributed by atoms with E-state index < -0.39 is 6.10 Å². The molecule has 142 valence electrons. The predicted molar refractivity (Wildman–Crippen MR) is 107 cm³/mol. The number of pyridine rings is 1. The van der Waals surface area contributed by atoms with Crippen molar-refractivity contribution in [3.63, 3.8) is 0 Å². The SMILES string of the molecule is C[C@@H](O)CNc1ncnc2c1sc1[nH+]c(N3CCOCC3)c3c(c12)CCC3. The zero-order chi connectivity index (χ0) is 18.4. The van der Waals surface area contributed by atoms with Crippen LogP contribution in [-0.4, -0.2) is 54.0 Å². The van der Waals surface area contributed by atoms with Crippen LogP contribution in [-0.2, 0) is 17.6 Å². The van der Waals surface area contributed by atoms with Gasteiger partial charge in [0, 0.05) is 12.1 Å². The zero-order valence-corrected chi connectivity index (χ0v) is 16.2. The minimum absolute atomic E-state index is 0.423. The van der Waals surface area contributed by atoms with Crippen LogP contribution in [0.1, 0.15) is 24.5 Å². The van der Waals surface area contributed by atoms with E-state index in [-0.39, 0.29) is 0 Å². The summed E-state index contributed by atoms with van der Waals surface area (Å²) in [6.07, 6.45) is 4.60. The summed E-state index contributed by atoms with van der Waals surface area (Å²) in [6, 6.07) is 0. The molecule has 3 N–H and O–H groups in total. The molecule has 8 heteroatoms. The average Bonchev–Trinajstić information content (AvgIpc) is 3.30. The van der Waals surface area contributed by atoms with Crippen LogP contribution in [0, 0.1) is 0 Å². The Morgan fingerprint density at radius 1 is 1.30 bits per heavy atom. The van der Waals surface area contributed by atoms with Crippen molar-refractivity contribution < 1.29 is 14.8 Å². The minimum atomic E-state index is -0.423. The maximum absolute atomic E-state index is 9.61. The van der Waals surface area contributed by atoms with Crippen molar-refractivity contribution >= 4 is 43.4 Å². The van der Waals surface area contributed by atoms with Crippen molar-refractivity contribution in [1.29, 1.82) is 0 Å². The van der Waals surface area contributed by atoms with Gasteiger partial charge < -0.3 is 15.2 Å². The number of fused-ring (bicyclic) bond motifs is 5. The first kappa shape index (κ1) is 17.1. The smallest absolute Gasteiger partial charge is 0.279 e. The van der Waals surface area contributed by atoms with Gasteiger partial charge in [0.25, 0.3) is 5.82 Å². The van der Waals surface area contributed by atoms with Gasteiger partial charge >= 0.3 is 0 Å². The van der Waals surface area contributed by atoms with Crippen LogP contribution in [0.3, 0.4) is 0 Å². The lowest BCUT2D eigenvalue weighted by atomic mass is 10.1. The van der Waals surface area contributed by atoms with E-state index >= 15 is 0 Å². The van der Waals surface area contributed by atoms with E-state index in [9.17, 15) is 5.11 Å². The number of nitrogens with one attached hydrogen (secondary N) is 2. The number of aromatic amines is 1. The van der Waals surface area contributed by atoms with Crippen LogP contribution in [0.4, 0.5) is 11.6 Å². The standard InChI is InChI=1S/C19H23N5O2S/c1-11(25)9-20-17-16-15(21-10-22-17)14-12-3-2-4-13(12)18(23-19(14)27-16)24-5-7-26-8-6-24/h10-11,25H,2-9H2,1H3,(H,20,21,22)/p+1/t11-/m1/s1. The summed E-state index contributed by atoms with van der Waals surface area (Å²) in [6.45, 7) is 5.67. The van der Waals surface area contributed by atoms with Crippen LogP contribution < -0.4 is 15.2 Å². The van der Waals surface area contributed by atoms with Gasteiger partial charge in [0.05, 0.1) is 30.2 Å². The Morgan fingerprint density at radius 3 is 2.93 bits per heavy atom. The highest BCUT2D eigenvalue weighted by molar-refractivity contribution is 7.25. The maximum Gasteiger partial charge on any atom is 0.279 e. The van der Waals surface area contributed by atoms with Gasteiger partial charge in [0.15, 0.2) is 4.83 Å². The Morgan fingerprint density at radius 2 is 2.11 bits per heavy atom. The number of aryl methyl sites for hydroxylation is 1. The van der Waals surface area contributed by atoms with Crippen molar-refractivity contribution in [3.8, 4) is 0 Å². The number of nitrogens with zero attached hydrogens (tertiary/aromatic N) is 3. The average molecular weight is 387 g/mol. The van der Waals surface area contributed by atoms with Gasteiger partial charge in [0.1, 0.15) is 29.9 Å². The molecule has 3 aromatic heterocycles. The topological polar surface area (TPSA) is 84.7 Å². The second-order valence-corrected chi connectivity index (χ2v) is 8.34. The number of thiophene rings is 1. The molecular formula is C19H24N5O2S+. The summed E-state index contributed by atoms with van der Waals surface area (Å²) in [5, 5.41) is 14.1. The molecule has 27 heavy (non-hydrogen) atoms. The van der Waals surface area contributed by atoms with E-state index in [2.05, 4.69) is 25.2 Å². The van der Waals surface area contributed by atoms with Crippen molar-refractivity contribution in [1.82, 2.24) is 9.97 Å². The van der Waals surface area contributed by atoms with Gasteiger partial charge in [-0.3, -0.25) is 4.90 Å². The normalized spacial score (nSPS) is 18.2. The van der Waals surface area contributed by atoms with E-state index in [1.165, 1.54) is 28.8 Å². The van der Waals surface area contributed by atoms with Gasteiger partial charge in [-0.15, -0.1) is 0 Å². The quantitative estimate of drug-likeness (QED) is 0.711. The molecule has 0 aromatic carbocycles. The van der Waals surface area contributed by atoms with Crippen molar-refractivity contribution in [3.05, 3.63) is 17.5 Å². The van der Waals surface area contributed by atoms with E-state index in [1.54, 1.807) is 24.6 Å². The van der Waals surface area contributed by atoms with Gasteiger partial charge in [-0.1, -0.05) is 11.3 Å². The fourth-order valence-electron chi connectivity index (χ4n) is 4.17. The summed E-state index contributed by atoms with van der Waals surface area (Å²) in [7, 11) is 0. The molecule has 0 bridgehead atoms. The minimum Gasteiger partial charge on any atom is -0.392 e. The molecule has 0 unspecified atom stereocenters. The lowest BCUT2D eigenvalue weighted by molar-refractivity contribution is -0.328. The molecule has 1 aliphatic heterocycles. The molecule has 1 atom stereocenters. The van der Waals surface area contributed by atoms with Crippen molar-refractivity contribution in [2.24, 2.45) is 0 Å². The highest BCUT2D eigenvalue weighted by Crippen LogP contribution is 2.41. The Labute approximate surface area is 161 Å². The molecule has 1 fully saturated rings. The predicted octanol–water partition coefficient (Wildman–Crippen LogP) is 1.78. The van der Waals surface area contributed by atoms with Crippen molar-refractivity contribution in [2.75, 3.05) is 43.1 Å². The highest BCUT2D eigenvalue weighted by Gasteiger charge is 2.31. The monoisotopic (exact) mass is 386 g/mol. The van der Waals surface area contributed by atoms with Crippen LogP contribution in [0.25, 0.3) is 20.4 Å². The number of rotatable bonds is 4. The Kier molecular flexibility index (Phi) is 4.34. The molecule has 3 aromatic rings. The first-order chi connectivity index (χ1) is 13.2. The lowest BCUT2D eigenvalue weighted by Crippen LogP contribution is -2.40. The van der Waals surface area contributed by atoms with Gasteiger partial charge in [-0.05, 0) is 31.7 Å². The maximum atomic E-state index is 9.61. The summed E-state index contributed by atoms with van der Waals surface area (Å²) in [5.74, 6) is 2.06. The van der Waals surface area contributed by atoms with Crippen LogP contribution in [0.2, 0.25) is 0 Å². The zero-order valence-electron chi connectivity index (χ0n) is 15.4. The number of H-pyrrole nitrogens is 1. The third-order valence-electron chi connectivity index (χ3n) is 5.40. The Hall–Kier alpha value is -2.03. The van der Waals surface area contributed by atoms with Crippen LogP contribution >= 0.6 is 11.3 Å². The molecule has 0 radical (unpaired) electrons. The molecule has 0 saturated carbocycles. The fourth-order valence-corrected chi connectivity index (χ4v) is 5.31. The highest BCUT2D eigenvalue weighted by atomic mass is 32.1. The van der Waals surface area contributed by atoms with E-state index in [0.29, 0.717) is 6.54 Å². The fraction of sp³-hybridized carbons (Fsp3) is 0.526. The molecule has 0 spiro atoms. The second-order valence-electron chi connectivity index (χ2n) is 7.32. The third-order valence-corrected chi connectivity index (χ3v) is 6.50. The number of ether oxygens (including phenoxy) is 1. The lowest BCUT2D eigenvalue weighted by Gasteiger charge is -2.23. The summed E-state index contributed by atoms with van der Waals surface area (Å²) in [4.78, 5) is 16.3. The Bertz CT molecular complexity index is 997. The Balaban J connectivity index is 1.68. The van der Waals surface area contributed by atoms with Crippen LogP contribution in [0.5, 0.6) is 0 Å². The number of morpholine rings is 1. The first-order valence-electron chi connectivity index (χ1n) is 9.61. The van der Waals surface area contributed by atoms with Gasteiger partial charge in [-0.2, -0.15) is 0 Å². The largest absolute Gasteiger partial charge is 0.392 e. The number of hydrogen-bond donors (Lipinski definition) is 2. The van der Waals surface area contributed by atoms with E-state index in [0.717, 1.165) is 60.0 Å². The number of aromatic nitrogens is 3. The molecule has 0 amide bonds. The molecule has 4 heterocycles. The number of aliphatic hydroxyl groups excluding tert-OH is 1. The molecule has 7 nitrogen and oxygen atoms in total. The molecule has 1 saturated heterocycles. The van der Waals surface area contributed by atoms with E-state index in [1.807, 2.05) is 0 Å². The van der Waals surface area contributed by atoms with Crippen LogP contribution in [0.15, 0.2) is 6.33 Å². The number of hydrogen-bond acceptors (Lipinski definition) is 7.